The van der Waals surface area contributed by atoms with E-state index in [9.17, 15) is 22.4 Å². The minimum Gasteiger partial charge on any atom is -0.489 e. The van der Waals surface area contributed by atoms with Crippen LogP contribution in [0.25, 0.3) is 11.5 Å². The van der Waals surface area contributed by atoms with Gasteiger partial charge >= 0.3 is 6.61 Å². The number of nitrogens with zero attached hydrogens (tertiary/aromatic N) is 1. The Morgan fingerprint density at radius 3 is 2.51 bits per heavy atom. The van der Waals surface area contributed by atoms with Crippen molar-refractivity contribution in [3.63, 3.8) is 0 Å². The average Bonchev–Trinajstić information content (AvgIpc) is 3.56. The Morgan fingerprint density at radius 1 is 1.21 bits per heavy atom. The molecule has 212 valence electrons. The molecule has 3 aromatic rings. The second-order valence-electron chi connectivity index (χ2n) is 8.91. The highest BCUT2D eigenvalue weighted by molar-refractivity contribution is 7.80. The molecular weight excluding hydrogens is 564 g/mol. The molecule has 2 aromatic carbocycles. The molecule has 1 heterocycles. The average molecular weight is 591 g/mol. The number of hydrogen-bond donors (Lipinski definition) is 4. The smallest absolute Gasteiger partial charge is 0.387 e. The summed E-state index contributed by atoms with van der Waals surface area (Å²) < 4.78 is 69.7. The fourth-order valence-electron chi connectivity index (χ4n) is 3.84. The third-order valence-corrected chi connectivity index (χ3v) is 6.23. The van der Waals surface area contributed by atoms with Gasteiger partial charge in [0.05, 0.1) is 24.1 Å². The highest BCUT2D eigenvalue weighted by Crippen LogP contribution is 2.37. The normalized spacial score (nSPS) is 15.4. The molecule has 5 N–H and O–H groups in total. The Balaban J connectivity index is 0.00000420. The van der Waals surface area contributed by atoms with E-state index < -0.39 is 41.6 Å². The molecule has 0 bridgehead atoms. The van der Waals surface area contributed by atoms with Crippen molar-refractivity contribution in [3.8, 4) is 23.0 Å². The number of benzene rings is 2. The maximum absolute atomic E-state index is 14.5. The van der Waals surface area contributed by atoms with Gasteiger partial charge in [0.15, 0.2) is 23.0 Å². The Hall–Kier alpha value is -3.00. The Labute approximate surface area is 233 Å². The van der Waals surface area contributed by atoms with E-state index in [-0.39, 0.29) is 46.8 Å². The maximum Gasteiger partial charge on any atom is 0.387 e. The van der Waals surface area contributed by atoms with Crippen molar-refractivity contribution in [1.29, 1.82) is 0 Å². The lowest BCUT2D eigenvalue weighted by Gasteiger charge is -2.26. The zero-order chi connectivity index (χ0) is 27.6. The topological polar surface area (TPSA) is 126 Å². The second kappa shape index (κ2) is 12.9. The van der Waals surface area contributed by atoms with E-state index >= 15 is 0 Å². The minimum absolute atomic E-state index is 0. The molecule has 1 aromatic heterocycles. The van der Waals surface area contributed by atoms with Crippen LogP contribution in [0.2, 0.25) is 0 Å². The SMILES string of the molecule is C[C@H](N[C@H](c1ccc(F)cc1F)[C@H](N)S)c1oc(-c2ccc(OC(F)F)c(OCC3CC3)c2)nc1C(N)=O.Cl. The van der Waals surface area contributed by atoms with Crippen molar-refractivity contribution in [1.82, 2.24) is 10.3 Å². The van der Waals surface area contributed by atoms with Crippen molar-refractivity contribution in [2.75, 3.05) is 6.61 Å². The number of nitrogens with two attached hydrogens (primary N) is 2. The van der Waals surface area contributed by atoms with Gasteiger partial charge in [0.25, 0.3) is 5.91 Å². The Kier molecular flexibility index (Phi) is 10.1. The van der Waals surface area contributed by atoms with Crippen LogP contribution in [0, 0.1) is 17.6 Å². The number of alkyl halides is 2. The number of thiol groups is 1. The van der Waals surface area contributed by atoms with Crippen LogP contribution in [0.3, 0.4) is 0 Å². The number of nitrogens with one attached hydrogen (secondary N) is 1. The molecule has 0 saturated heterocycles. The van der Waals surface area contributed by atoms with E-state index in [0.29, 0.717) is 18.1 Å². The van der Waals surface area contributed by atoms with Gasteiger partial charge < -0.3 is 25.4 Å². The molecule has 1 aliphatic rings. The summed E-state index contributed by atoms with van der Waals surface area (Å²) in [6.45, 7) is -1.12. The van der Waals surface area contributed by atoms with Crippen molar-refractivity contribution in [2.45, 2.75) is 43.8 Å². The van der Waals surface area contributed by atoms with Gasteiger partial charge in [0, 0.05) is 17.2 Å². The number of amides is 1. The first-order chi connectivity index (χ1) is 18.0. The van der Waals surface area contributed by atoms with Crippen LogP contribution in [0.4, 0.5) is 17.6 Å². The van der Waals surface area contributed by atoms with E-state index in [2.05, 4.69) is 27.7 Å². The quantitative estimate of drug-likeness (QED) is 0.131. The van der Waals surface area contributed by atoms with Gasteiger partial charge in [-0.2, -0.15) is 21.4 Å². The van der Waals surface area contributed by atoms with Crippen molar-refractivity contribution in [3.05, 3.63) is 65.1 Å². The van der Waals surface area contributed by atoms with Gasteiger partial charge in [-0.15, -0.1) is 12.4 Å². The molecule has 14 heteroatoms. The summed E-state index contributed by atoms with van der Waals surface area (Å²) in [4.78, 5) is 16.4. The highest BCUT2D eigenvalue weighted by Gasteiger charge is 2.29. The number of primary amides is 1. The van der Waals surface area contributed by atoms with E-state index in [4.69, 9.17) is 20.6 Å². The van der Waals surface area contributed by atoms with Crippen molar-refractivity contribution in [2.24, 2.45) is 17.4 Å². The summed E-state index contributed by atoms with van der Waals surface area (Å²) in [6.07, 6.45) is 1.97. The summed E-state index contributed by atoms with van der Waals surface area (Å²) in [7, 11) is 0. The largest absolute Gasteiger partial charge is 0.489 e. The van der Waals surface area contributed by atoms with Gasteiger partial charge in [-0.05, 0) is 49.9 Å². The van der Waals surface area contributed by atoms with Gasteiger partial charge in [-0.3, -0.25) is 10.1 Å². The predicted octanol–water partition coefficient (Wildman–Crippen LogP) is 5.14. The monoisotopic (exact) mass is 590 g/mol. The molecule has 3 atom stereocenters. The number of halogens is 5. The molecule has 8 nitrogen and oxygen atoms in total. The summed E-state index contributed by atoms with van der Waals surface area (Å²) >= 11 is 4.21. The standard InChI is InChI=1S/C25H26F4N4O4S.ClH/c1-11(32-19(23(31)38)15-6-5-14(26)9-16(15)27)21-20(22(30)34)33-24(37-21)13-4-7-17(36-25(28)29)18(8-13)35-10-12-2-3-12;/h4-9,11-12,19,23,25,32,38H,2-3,10,31H2,1H3,(H2,30,34);1H/t11-,19+,23+;/m0./s1. The molecule has 1 fully saturated rings. The molecular formula is C25H27ClF4N4O4S. The van der Waals surface area contributed by atoms with E-state index in [0.717, 1.165) is 25.0 Å². The van der Waals surface area contributed by atoms with Gasteiger partial charge in [0.1, 0.15) is 11.6 Å². The van der Waals surface area contributed by atoms with Crippen LogP contribution in [0.15, 0.2) is 40.8 Å². The maximum atomic E-state index is 14.5. The molecule has 1 aliphatic carbocycles. The van der Waals surface area contributed by atoms with Crippen molar-refractivity contribution < 1.29 is 36.2 Å². The van der Waals surface area contributed by atoms with Crippen LogP contribution < -0.4 is 26.3 Å². The fourth-order valence-corrected chi connectivity index (χ4v) is 4.08. The summed E-state index contributed by atoms with van der Waals surface area (Å²) in [5.41, 5.74) is 11.6. The lowest BCUT2D eigenvalue weighted by atomic mass is 10.0. The molecule has 0 radical (unpaired) electrons. The number of oxazole rings is 1. The van der Waals surface area contributed by atoms with Crippen LogP contribution >= 0.6 is 25.0 Å². The lowest BCUT2D eigenvalue weighted by molar-refractivity contribution is -0.0515. The summed E-state index contributed by atoms with van der Waals surface area (Å²) in [5.74, 6) is -2.26. The number of rotatable bonds is 12. The van der Waals surface area contributed by atoms with Crippen LogP contribution in [0.1, 0.15) is 53.7 Å². The summed E-state index contributed by atoms with van der Waals surface area (Å²) in [6, 6.07) is 5.44. The zero-order valence-electron chi connectivity index (χ0n) is 20.6. The zero-order valence-corrected chi connectivity index (χ0v) is 22.3. The Bertz CT molecular complexity index is 1310. The molecule has 1 amide bonds. The second-order valence-corrected chi connectivity index (χ2v) is 9.51. The third kappa shape index (κ3) is 7.56. The first-order valence-electron chi connectivity index (χ1n) is 11.7. The van der Waals surface area contributed by atoms with Crippen LogP contribution in [-0.2, 0) is 0 Å². The van der Waals surface area contributed by atoms with Gasteiger partial charge in [-0.1, -0.05) is 6.07 Å². The van der Waals surface area contributed by atoms with Gasteiger partial charge in [-0.25, -0.2) is 13.8 Å². The Morgan fingerprint density at radius 2 is 1.92 bits per heavy atom. The number of aromatic nitrogens is 1. The van der Waals surface area contributed by atoms with Gasteiger partial charge in [0.2, 0.25) is 5.89 Å². The summed E-state index contributed by atoms with van der Waals surface area (Å²) in [5, 5.41) is 2.09. The molecule has 39 heavy (non-hydrogen) atoms. The number of carbonyl (C=O) groups is 1. The van der Waals surface area contributed by atoms with Crippen LogP contribution in [0.5, 0.6) is 11.5 Å². The molecule has 0 aliphatic heterocycles. The van der Waals surface area contributed by atoms with E-state index in [1.807, 2.05) is 0 Å². The highest BCUT2D eigenvalue weighted by atomic mass is 35.5. The lowest BCUT2D eigenvalue weighted by Crippen LogP contribution is -2.37. The number of ether oxygens (including phenoxy) is 2. The molecule has 0 unspecified atom stereocenters. The molecule has 4 rings (SSSR count). The molecule has 1 saturated carbocycles. The number of carbonyl (C=O) groups excluding carboxylic acids is 1. The van der Waals surface area contributed by atoms with E-state index in [1.165, 1.54) is 24.3 Å². The number of hydrogen-bond acceptors (Lipinski definition) is 8. The van der Waals surface area contributed by atoms with Crippen LogP contribution in [-0.4, -0.2) is 29.5 Å². The fraction of sp³-hybridized carbons (Fsp3) is 0.360. The van der Waals surface area contributed by atoms with E-state index in [1.54, 1.807) is 6.92 Å². The first-order valence-corrected chi connectivity index (χ1v) is 12.2. The third-order valence-electron chi connectivity index (χ3n) is 5.93. The van der Waals surface area contributed by atoms with Crippen molar-refractivity contribution >= 4 is 30.9 Å². The molecule has 0 spiro atoms. The first kappa shape index (κ1) is 30.5. The predicted molar refractivity (Wildman–Crippen MR) is 140 cm³/mol. The minimum atomic E-state index is -3.05.